The molecule has 0 aliphatic heterocycles. The lowest BCUT2D eigenvalue weighted by molar-refractivity contribution is 0.606. The van der Waals surface area contributed by atoms with Crippen LogP contribution in [-0.2, 0) is 7.05 Å². The van der Waals surface area contributed by atoms with Gasteiger partial charge in [-0.2, -0.15) is 5.10 Å². The summed E-state index contributed by atoms with van der Waals surface area (Å²) in [4.78, 5) is 8.23. The molecule has 0 unspecified atom stereocenters. The van der Waals surface area contributed by atoms with Gasteiger partial charge in [0.25, 0.3) is 0 Å². The number of nitrogens with one attached hydrogen (secondary N) is 1. The lowest BCUT2D eigenvalue weighted by Gasteiger charge is -2.07. The maximum absolute atomic E-state index is 13.7. The van der Waals surface area contributed by atoms with Crippen LogP contribution >= 0.6 is 0 Å². The van der Waals surface area contributed by atoms with Gasteiger partial charge in [-0.15, -0.1) is 0 Å². The van der Waals surface area contributed by atoms with Gasteiger partial charge < -0.3 is 5.32 Å². The molecule has 2 aromatic rings. The Labute approximate surface area is 98.7 Å². The highest BCUT2D eigenvalue weighted by atomic mass is 19.1. The lowest BCUT2D eigenvalue weighted by atomic mass is 10.3. The van der Waals surface area contributed by atoms with Crippen LogP contribution in [0.3, 0.4) is 0 Å². The maximum Gasteiger partial charge on any atom is 0.186 e. The number of hydrogen-bond donors (Lipinski definition) is 1. The molecular formula is C11H14FN5. The zero-order valence-corrected chi connectivity index (χ0v) is 10.0. The normalized spacial score (nSPS) is 10.6. The molecule has 17 heavy (non-hydrogen) atoms. The fourth-order valence-corrected chi connectivity index (χ4v) is 1.49. The van der Waals surface area contributed by atoms with Gasteiger partial charge >= 0.3 is 0 Å². The van der Waals surface area contributed by atoms with Crippen molar-refractivity contribution in [2.24, 2.45) is 7.05 Å². The molecule has 0 saturated heterocycles. The van der Waals surface area contributed by atoms with Gasteiger partial charge in [0.15, 0.2) is 17.5 Å². The van der Waals surface area contributed by atoms with E-state index >= 15 is 0 Å². The average Bonchev–Trinajstić information content (AvgIpc) is 2.71. The summed E-state index contributed by atoms with van der Waals surface area (Å²) in [5.41, 5.74) is 0.950. The van der Waals surface area contributed by atoms with Gasteiger partial charge in [0.1, 0.15) is 5.69 Å². The molecule has 0 spiro atoms. The largest absolute Gasteiger partial charge is 0.368 e. The van der Waals surface area contributed by atoms with E-state index in [4.69, 9.17) is 0 Å². The van der Waals surface area contributed by atoms with Crippen molar-refractivity contribution in [1.29, 1.82) is 0 Å². The molecule has 2 rings (SSSR count). The van der Waals surface area contributed by atoms with Crippen molar-refractivity contribution in [3.63, 3.8) is 0 Å². The highest BCUT2D eigenvalue weighted by molar-refractivity contribution is 5.53. The van der Waals surface area contributed by atoms with Crippen LogP contribution in [0, 0.1) is 12.7 Å². The third-order valence-electron chi connectivity index (χ3n) is 2.30. The molecule has 0 aliphatic carbocycles. The first-order chi connectivity index (χ1) is 8.11. The second kappa shape index (κ2) is 4.48. The summed E-state index contributed by atoms with van der Waals surface area (Å²) < 4.78 is 15.3. The van der Waals surface area contributed by atoms with Gasteiger partial charge in [0.2, 0.25) is 0 Å². The third-order valence-corrected chi connectivity index (χ3v) is 2.30. The summed E-state index contributed by atoms with van der Waals surface area (Å²) in [6.45, 7) is 4.11. The molecule has 2 aromatic heterocycles. The van der Waals surface area contributed by atoms with E-state index in [1.807, 2.05) is 14.0 Å². The van der Waals surface area contributed by atoms with Gasteiger partial charge in [-0.25, -0.2) is 14.4 Å². The number of nitrogens with zero attached hydrogens (tertiary/aromatic N) is 4. The van der Waals surface area contributed by atoms with E-state index in [2.05, 4.69) is 20.4 Å². The molecule has 0 aromatic carbocycles. The number of halogens is 1. The summed E-state index contributed by atoms with van der Waals surface area (Å²) in [5.74, 6) is 0.243. The molecule has 0 fully saturated rings. The Bertz CT molecular complexity index is 535. The number of aryl methyl sites for hydroxylation is 2. The van der Waals surface area contributed by atoms with E-state index in [1.165, 1.54) is 0 Å². The van der Waals surface area contributed by atoms with Crippen molar-refractivity contribution < 1.29 is 4.39 Å². The fourth-order valence-electron chi connectivity index (χ4n) is 1.49. The summed E-state index contributed by atoms with van der Waals surface area (Å²) in [6.07, 6.45) is 1.80. The first-order valence-corrected chi connectivity index (χ1v) is 5.40. The number of aromatic nitrogens is 4. The lowest BCUT2D eigenvalue weighted by Crippen LogP contribution is -2.07. The summed E-state index contributed by atoms with van der Waals surface area (Å²) in [7, 11) is 1.81. The minimum absolute atomic E-state index is 0.223. The van der Waals surface area contributed by atoms with Crippen molar-refractivity contribution >= 4 is 5.82 Å². The highest BCUT2D eigenvalue weighted by Gasteiger charge is 2.13. The second-order valence-electron chi connectivity index (χ2n) is 3.70. The molecule has 5 nitrogen and oxygen atoms in total. The Morgan fingerprint density at radius 2 is 2.18 bits per heavy atom. The second-order valence-corrected chi connectivity index (χ2v) is 3.70. The van der Waals surface area contributed by atoms with E-state index in [0.29, 0.717) is 23.8 Å². The van der Waals surface area contributed by atoms with Crippen molar-refractivity contribution in [2.75, 3.05) is 11.9 Å². The molecule has 0 bridgehead atoms. The Morgan fingerprint density at radius 3 is 2.76 bits per heavy atom. The van der Waals surface area contributed by atoms with Gasteiger partial charge in [0, 0.05) is 19.8 Å². The fraction of sp³-hybridized carbons (Fsp3) is 0.364. The van der Waals surface area contributed by atoms with Crippen molar-refractivity contribution in [3.05, 3.63) is 23.8 Å². The first-order valence-electron chi connectivity index (χ1n) is 5.40. The monoisotopic (exact) mass is 235 g/mol. The van der Waals surface area contributed by atoms with Crippen molar-refractivity contribution in [2.45, 2.75) is 13.8 Å². The molecular weight excluding hydrogens is 221 g/mol. The minimum atomic E-state index is -0.411. The van der Waals surface area contributed by atoms with Gasteiger partial charge in [-0.3, -0.25) is 4.68 Å². The zero-order chi connectivity index (χ0) is 12.4. The summed E-state index contributed by atoms with van der Waals surface area (Å²) in [5, 5.41) is 7.07. The first kappa shape index (κ1) is 11.5. The molecule has 1 N–H and O–H groups in total. The van der Waals surface area contributed by atoms with E-state index in [1.54, 1.807) is 23.9 Å². The van der Waals surface area contributed by atoms with E-state index in [9.17, 15) is 4.39 Å². The number of rotatable bonds is 3. The predicted octanol–water partition coefficient (Wildman–Crippen LogP) is 1.76. The van der Waals surface area contributed by atoms with Crippen LogP contribution in [0.5, 0.6) is 0 Å². The average molecular weight is 235 g/mol. The zero-order valence-electron chi connectivity index (χ0n) is 10.0. The molecule has 2 heterocycles. The van der Waals surface area contributed by atoms with E-state index in [0.717, 1.165) is 0 Å². The Balaban J connectivity index is 2.48. The SMILES string of the molecule is CCNc1nc(-c2ccn(C)n2)nc(C)c1F. The van der Waals surface area contributed by atoms with Gasteiger partial charge in [-0.05, 0) is 19.9 Å². The van der Waals surface area contributed by atoms with Crippen LogP contribution in [0.15, 0.2) is 12.3 Å². The van der Waals surface area contributed by atoms with E-state index in [-0.39, 0.29) is 5.82 Å². The Morgan fingerprint density at radius 1 is 1.41 bits per heavy atom. The van der Waals surface area contributed by atoms with Crippen LogP contribution in [0.25, 0.3) is 11.5 Å². The number of hydrogen-bond acceptors (Lipinski definition) is 4. The molecule has 6 heteroatoms. The highest BCUT2D eigenvalue weighted by Crippen LogP contribution is 2.19. The van der Waals surface area contributed by atoms with Gasteiger partial charge in [0.05, 0.1) is 5.69 Å². The number of anilines is 1. The van der Waals surface area contributed by atoms with Crippen LogP contribution in [0.4, 0.5) is 10.2 Å². The van der Waals surface area contributed by atoms with Crippen molar-refractivity contribution in [3.8, 4) is 11.5 Å². The van der Waals surface area contributed by atoms with Crippen LogP contribution in [0.2, 0.25) is 0 Å². The topological polar surface area (TPSA) is 55.6 Å². The smallest absolute Gasteiger partial charge is 0.186 e. The Kier molecular flexibility index (Phi) is 3.03. The molecule has 0 radical (unpaired) electrons. The molecule has 0 amide bonds. The summed E-state index contributed by atoms with van der Waals surface area (Å²) in [6, 6.07) is 1.79. The quantitative estimate of drug-likeness (QED) is 0.880. The maximum atomic E-state index is 13.7. The molecule has 0 aliphatic rings. The molecule has 90 valence electrons. The third kappa shape index (κ3) is 2.25. The van der Waals surface area contributed by atoms with Gasteiger partial charge in [-0.1, -0.05) is 0 Å². The minimum Gasteiger partial charge on any atom is -0.368 e. The molecule has 0 saturated carbocycles. The van der Waals surface area contributed by atoms with Crippen LogP contribution in [0.1, 0.15) is 12.6 Å². The van der Waals surface area contributed by atoms with E-state index < -0.39 is 5.82 Å². The molecule has 0 atom stereocenters. The van der Waals surface area contributed by atoms with Crippen LogP contribution in [-0.4, -0.2) is 26.3 Å². The van der Waals surface area contributed by atoms with Crippen LogP contribution < -0.4 is 5.32 Å². The standard InChI is InChI=1S/C11H14FN5/c1-4-13-11-9(12)7(2)14-10(15-11)8-5-6-17(3)16-8/h5-6H,4H2,1-3H3,(H,13,14,15). The van der Waals surface area contributed by atoms with Crippen molar-refractivity contribution in [1.82, 2.24) is 19.7 Å². The summed E-state index contributed by atoms with van der Waals surface area (Å²) >= 11 is 0. The Hall–Kier alpha value is -1.98. The predicted molar refractivity (Wildman–Crippen MR) is 63.1 cm³/mol.